The Hall–Kier alpha value is -1.74. The highest BCUT2D eigenvalue weighted by atomic mass is 32.2. The van der Waals surface area contributed by atoms with Gasteiger partial charge in [0.05, 0.1) is 5.69 Å². The van der Waals surface area contributed by atoms with Crippen LogP contribution >= 0.6 is 11.5 Å². The van der Waals surface area contributed by atoms with Crippen LogP contribution in [-0.4, -0.2) is 17.8 Å². The third kappa shape index (κ3) is 2.57. The molecule has 6 nitrogen and oxygen atoms in total. The van der Waals surface area contributed by atoms with Crippen LogP contribution in [0.5, 0.6) is 0 Å². The highest BCUT2D eigenvalue weighted by Crippen LogP contribution is 2.22. The molecular formula is C9H9FN4O2S2. The molecule has 0 atom stereocenters. The van der Waals surface area contributed by atoms with Crippen molar-refractivity contribution in [1.29, 1.82) is 0 Å². The van der Waals surface area contributed by atoms with E-state index in [0.29, 0.717) is 5.82 Å². The van der Waals surface area contributed by atoms with Gasteiger partial charge in [0.15, 0.2) is 0 Å². The van der Waals surface area contributed by atoms with Gasteiger partial charge in [-0.25, -0.2) is 17.8 Å². The van der Waals surface area contributed by atoms with E-state index < -0.39 is 15.8 Å². The minimum Gasteiger partial charge on any atom is -0.398 e. The normalized spacial score (nSPS) is 11.4. The number of nitrogens with zero attached hydrogens (tertiary/aromatic N) is 2. The van der Waals surface area contributed by atoms with Gasteiger partial charge in [-0.15, -0.1) is 0 Å². The Morgan fingerprint density at radius 2 is 2.17 bits per heavy atom. The van der Waals surface area contributed by atoms with Crippen LogP contribution in [0.25, 0.3) is 0 Å². The molecular weight excluding hydrogens is 279 g/mol. The van der Waals surface area contributed by atoms with Crippen molar-refractivity contribution in [2.75, 3.05) is 10.5 Å². The number of benzene rings is 1. The van der Waals surface area contributed by atoms with E-state index in [1.807, 2.05) is 0 Å². The second-order valence-corrected chi connectivity index (χ2v) is 5.84. The molecule has 0 aliphatic heterocycles. The summed E-state index contributed by atoms with van der Waals surface area (Å²) in [5.74, 6) is -0.136. The molecule has 0 radical (unpaired) electrons. The van der Waals surface area contributed by atoms with E-state index in [4.69, 9.17) is 5.73 Å². The van der Waals surface area contributed by atoms with Gasteiger partial charge in [-0.3, -0.25) is 4.72 Å². The summed E-state index contributed by atoms with van der Waals surface area (Å²) in [5, 5.41) is 0.135. The summed E-state index contributed by atoms with van der Waals surface area (Å²) in [6.45, 7) is 1.64. The maximum atomic E-state index is 12.9. The van der Waals surface area contributed by atoms with Crippen molar-refractivity contribution in [3.8, 4) is 0 Å². The molecule has 96 valence electrons. The second-order valence-electron chi connectivity index (χ2n) is 3.43. The van der Waals surface area contributed by atoms with Crippen LogP contribution in [0.15, 0.2) is 23.1 Å². The van der Waals surface area contributed by atoms with Gasteiger partial charge in [0.2, 0.25) is 5.13 Å². The van der Waals surface area contributed by atoms with Crippen molar-refractivity contribution < 1.29 is 12.8 Å². The molecule has 0 aliphatic rings. The van der Waals surface area contributed by atoms with Crippen LogP contribution in [0.3, 0.4) is 0 Å². The number of halogens is 1. The van der Waals surface area contributed by atoms with Gasteiger partial charge in [0.1, 0.15) is 16.5 Å². The van der Waals surface area contributed by atoms with Crippen LogP contribution in [0.4, 0.5) is 15.2 Å². The topological polar surface area (TPSA) is 98.0 Å². The van der Waals surface area contributed by atoms with Crippen LogP contribution in [0.1, 0.15) is 5.82 Å². The molecule has 0 amide bonds. The average Bonchev–Trinajstić information content (AvgIpc) is 2.62. The molecule has 2 aromatic rings. The van der Waals surface area contributed by atoms with E-state index in [0.717, 1.165) is 29.7 Å². The van der Waals surface area contributed by atoms with Crippen molar-refractivity contribution in [3.05, 3.63) is 29.8 Å². The first-order chi connectivity index (χ1) is 8.38. The first-order valence-corrected chi connectivity index (χ1v) is 7.02. The Balaban J connectivity index is 2.36. The monoisotopic (exact) mass is 288 g/mol. The second kappa shape index (κ2) is 4.50. The van der Waals surface area contributed by atoms with Gasteiger partial charge in [0.25, 0.3) is 10.0 Å². The Morgan fingerprint density at radius 1 is 1.44 bits per heavy atom. The minimum absolute atomic E-state index is 0.135. The SMILES string of the molecule is Cc1nsc(NS(=O)(=O)c2ccc(F)cc2N)n1. The highest BCUT2D eigenvalue weighted by molar-refractivity contribution is 7.93. The van der Waals surface area contributed by atoms with Crippen LogP contribution in [0.2, 0.25) is 0 Å². The number of rotatable bonds is 3. The molecule has 1 aromatic heterocycles. The number of anilines is 2. The minimum atomic E-state index is -3.88. The lowest BCUT2D eigenvalue weighted by Gasteiger charge is -2.07. The summed E-state index contributed by atoms with van der Waals surface area (Å²) in [4.78, 5) is 3.67. The summed E-state index contributed by atoms with van der Waals surface area (Å²) < 4.78 is 42.9. The lowest BCUT2D eigenvalue weighted by atomic mass is 10.3. The lowest BCUT2D eigenvalue weighted by Crippen LogP contribution is -2.14. The number of aromatic nitrogens is 2. The van der Waals surface area contributed by atoms with Crippen molar-refractivity contribution in [3.63, 3.8) is 0 Å². The number of hydrogen-bond acceptors (Lipinski definition) is 6. The van der Waals surface area contributed by atoms with E-state index >= 15 is 0 Å². The molecule has 0 unspecified atom stereocenters. The predicted molar refractivity (Wildman–Crippen MR) is 66.3 cm³/mol. The molecule has 0 fully saturated rings. The Labute approximate surface area is 107 Å². The number of nitrogens with two attached hydrogens (primary N) is 1. The average molecular weight is 288 g/mol. The van der Waals surface area contributed by atoms with Gasteiger partial charge < -0.3 is 5.73 Å². The Bertz CT molecular complexity index is 684. The summed E-state index contributed by atoms with van der Waals surface area (Å²) in [7, 11) is -3.88. The fourth-order valence-electron chi connectivity index (χ4n) is 1.27. The fraction of sp³-hybridized carbons (Fsp3) is 0.111. The number of nitrogen functional groups attached to an aromatic ring is 1. The molecule has 0 bridgehead atoms. The summed E-state index contributed by atoms with van der Waals surface area (Å²) in [6.07, 6.45) is 0. The molecule has 9 heteroatoms. The molecule has 0 spiro atoms. The molecule has 0 saturated heterocycles. The standard InChI is InChI=1S/C9H9FN4O2S2/c1-5-12-9(17-13-5)14-18(15,16)8-3-2-6(10)4-7(8)11/h2-4H,11H2,1H3,(H,12,13,14). The molecule has 18 heavy (non-hydrogen) atoms. The number of sulfonamides is 1. The molecule has 1 aromatic carbocycles. The zero-order valence-corrected chi connectivity index (χ0v) is 10.8. The number of aryl methyl sites for hydroxylation is 1. The van der Waals surface area contributed by atoms with Crippen molar-refractivity contribution >= 4 is 32.4 Å². The van der Waals surface area contributed by atoms with E-state index in [1.54, 1.807) is 6.92 Å². The molecule has 0 aliphatic carbocycles. The molecule has 0 saturated carbocycles. The van der Waals surface area contributed by atoms with E-state index in [1.165, 1.54) is 0 Å². The largest absolute Gasteiger partial charge is 0.398 e. The lowest BCUT2D eigenvalue weighted by molar-refractivity contribution is 0.600. The maximum Gasteiger partial charge on any atom is 0.265 e. The quantitative estimate of drug-likeness (QED) is 0.831. The van der Waals surface area contributed by atoms with E-state index in [9.17, 15) is 12.8 Å². The van der Waals surface area contributed by atoms with Gasteiger partial charge >= 0.3 is 0 Å². The van der Waals surface area contributed by atoms with Crippen molar-refractivity contribution in [2.45, 2.75) is 11.8 Å². The first-order valence-electron chi connectivity index (χ1n) is 4.76. The van der Waals surface area contributed by atoms with Gasteiger partial charge in [-0.2, -0.15) is 4.37 Å². The van der Waals surface area contributed by atoms with Crippen LogP contribution in [0, 0.1) is 12.7 Å². The van der Waals surface area contributed by atoms with Gasteiger partial charge in [-0.05, 0) is 25.1 Å². The van der Waals surface area contributed by atoms with E-state index in [-0.39, 0.29) is 15.7 Å². The van der Waals surface area contributed by atoms with Crippen molar-refractivity contribution in [2.24, 2.45) is 0 Å². The summed E-state index contributed by atoms with van der Waals surface area (Å²) in [5.41, 5.74) is 5.31. The first kappa shape index (κ1) is 12.7. The molecule has 2 rings (SSSR count). The summed E-state index contributed by atoms with van der Waals surface area (Å²) >= 11 is 0.914. The smallest absolute Gasteiger partial charge is 0.265 e. The van der Waals surface area contributed by atoms with Crippen LogP contribution in [-0.2, 0) is 10.0 Å². The number of hydrogen-bond donors (Lipinski definition) is 2. The third-order valence-electron chi connectivity index (χ3n) is 2.01. The molecule has 1 heterocycles. The highest BCUT2D eigenvalue weighted by Gasteiger charge is 2.19. The summed E-state index contributed by atoms with van der Waals surface area (Å²) in [6, 6.07) is 3.07. The fourth-order valence-corrected chi connectivity index (χ4v) is 3.18. The van der Waals surface area contributed by atoms with E-state index in [2.05, 4.69) is 14.1 Å². The Kier molecular flexibility index (Phi) is 3.18. The third-order valence-corrected chi connectivity index (χ3v) is 4.27. The maximum absolute atomic E-state index is 12.9. The predicted octanol–water partition coefficient (Wildman–Crippen LogP) is 1.37. The number of nitrogens with one attached hydrogen (secondary N) is 1. The van der Waals surface area contributed by atoms with Crippen molar-refractivity contribution in [1.82, 2.24) is 9.36 Å². The van der Waals surface area contributed by atoms with Crippen LogP contribution < -0.4 is 10.5 Å². The van der Waals surface area contributed by atoms with Gasteiger partial charge in [0, 0.05) is 11.5 Å². The van der Waals surface area contributed by atoms with Gasteiger partial charge in [-0.1, -0.05) is 0 Å². The molecule has 3 N–H and O–H groups in total. The Morgan fingerprint density at radius 3 is 2.72 bits per heavy atom. The zero-order chi connectivity index (χ0) is 13.3. The zero-order valence-electron chi connectivity index (χ0n) is 9.21.